The van der Waals surface area contributed by atoms with Crippen LogP contribution in [0.3, 0.4) is 0 Å². The van der Waals surface area contributed by atoms with E-state index in [1.165, 1.54) is 19.2 Å². The molecular formula is C15H22ClFN2O2. The molecule has 0 spiro atoms. The molecule has 0 saturated carbocycles. The van der Waals surface area contributed by atoms with Crippen molar-refractivity contribution in [3.8, 4) is 5.75 Å². The van der Waals surface area contributed by atoms with Gasteiger partial charge in [0.15, 0.2) is 0 Å². The molecule has 1 unspecified atom stereocenters. The van der Waals surface area contributed by atoms with Gasteiger partial charge in [-0.05, 0) is 44.5 Å². The van der Waals surface area contributed by atoms with Crippen LogP contribution in [0, 0.1) is 5.82 Å². The minimum atomic E-state index is -0.534. The van der Waals surface area contributed by atoms with Gasteiger partial charge >= 0.3 is 0 Å². The summed E-state index contributed by atoms with van der Waals surface area (Å²) in [4.78, 5) is 14.1. The number of carbonyl (C=O) groups excluding carboxylic acids is 1. The molecule has 1 aromatic rings. The minimum absolute atomic E-state index is 0. The highest BCUT2D eigenvalue weighted by Gasteiger charge is 2.24. The smallest absolute Gasteiger partial charge is 0.256 e. The predicted molar refractivity (Wildman–Crippen MR) is 82.8 cm³/mol. The highest BCUT2D eigenvalue weighted by atomic mass is 35.5. The van der Waals surface area contributed by atoms with Gasteiger partial charge in [-0.2, -0.15) is 0 Å². The normalized spacial score (nSPS) is 18.3. The van der Waals surface area contributed by atoms with Gasteiger partial charge in [0.2, 0.25) is 0 Å². The summed E-state index contributed by atoms with van der Waals surface area (Å²) in [5.41, 5.74) is 0.102. The third-order valence-electron chi connectivity index (χ3n) is 3.82. The van der Waals surface area contributed by atoms with Crippen molar-refractivity contribution in [2.75, 3.05) is 27.2 Å². The van der Waals surface area contributed by atoms with Gasteiger partial charge in [0, 0.05) is 19.2 Å². The summed E-state index contributed by atoms with van der Waals surface area (Å²) >= 11 is 0. The van der Waals surface area contributed by atoms with Gasteiger partial charge in [-0.25, -0.2) is 4.39 Å². The summed E-state index contributed by atoms with van der Waals surface area (Å²) in [7, 11) is 3.23. The molecule has 21 heavy (non-hydrogen) atoms. The molecule has 0 radical (unpaired) electrons. The highest BCUT2D eigenvalue weighted by Crippen LogP contribution is 2.20. The lowest BCUT2D eigenvalue weighted by molar-refractivity contribution is 0.0715. The summed E-state index contributed by atoms with van der Waals surface area (Å²) in [6.07, 6.45) is 2.89. The Bertz CT molecular complexity index is 477. The lowest BCUT2D eigenvalue weighted by Gasteiger charge is -2.27. The van der Waals surface area contributed by atoms with E-state index in [2.05, 4.69) is 5.32 Å². The van der Waals surface area contributed by atoms with Crippen LogP contribution in [0.5, 0.6) is 5.75 Å². The topological polar surface area (TPSA) is 41.6 Å². The Hall–Kier alpha value is -1.33. The van der Waals surface area contributed by atoms with Gasteiger partial charge in [-0.15, -0.1) is 12.4 Å². The fraction of sp³-hybridized carbons (Fsp3) is 0.533. The lowest BCUT2D eigenvalue weighted by Crippen LogP contribution is -2.38. The van der Waals surface area contributed by atoms with Crippen molar-refractivity contribution in [3.63, 3.8) is 0 Å². The maximum absolute atomic E-state index is 14.0. The molecule has 2 rings (SSSR count). The zero-order chi connectivity index (χ0) is 14.5. The van der Waals surface area contributed by atoms with E-state index in [4.69, 9.17) is 4.74 Å². The summed E-state index contributed by atoms with van der Waals surface area (Å²) < 4.78 is 18.9. The number of rotatable bonds is 3. The monoisotopic (exact) mass is 316 g/mol. The van der Waals surface area contributed by atoms with Gasteiger partial charge < -0.3 is 15.0 Å². The molecule has 1 amide bonds. The average molecular weight is 317 g/mol. The molecule has 1 N–H and O–H groups in total. The van der Waals surface area contributed by atoms with Crippen molar-refractivity contribution in [1.29, 1.82) is 0 Å². The van der Waals surface area contributed by atoms with E-state index in [0.717, 1.165) is 32.4 Å². The lowest BCUT2D eigenvalue weighted by atomic mass is 10.1. The first-order valence-corrected chi connectivity index (χ1v) is 6.95. The molecule has 1 fully saturated rings. The van der Waals surface area contributed by atoms with E-state index in [9.17, 15) is 9.18 Å². The number of methoxy groups -OCH3 is 1. The second-order valence-electron chi connectivity index (χ2n) is 5.10. The Morgan fingerprint density at radius 3 is 2.81 bits per heavy atom. The second-order valence-corrected chi connectivity index (χ2v) is 5.10. The van der Waals surface area contributed by atoms with E-state index in [1.807, 2.05) is 0 Å². The maximum atomic E-state index is 14.0. The number of hydrogen-bond acceptors (Lipinski definition) is 3. The van der Waals surface area contributed by atoms with Crippen molar-refractivity contribution in [1.82, 2.24) is 10.2 Å². The van der Waals surface area contributed by atoms with Gasteiger partial charge in [0.1, 0.15) is 11.6 Å². The van der Waals surface area contributed by atoms with Gasteiger partial charge in [-0.1, -0.05) is 0 Å². The van der Waals surface area contributed by atoms with Crippen LogP contribution in [0.25, 0.3) is 0 Å². The van der Waals surface area contributed by atoms with Crippen LogP contribution in [-0.4, -0.2) is 44.1 Å². The zero-order valence-corrected chi connectivity index (χ0v) is 13.2. The van der Waals surface area contributed by atoms with Crippen molar-refractivity contribution < 1.29 is 13.9 Å². The van der Waals surface area contributed by atoms with Gasteiger partial charge in [0.25, 0.3) is 5.91 Å². The molecular weight excluding hydrogens is 295 g/mol. The Kier molecular flexibility index (Phi) is 6.92. The van der Waals surface area contributed by atoms with Crippen molar-refractivity contribution in [2.24, 2.45) is 0 Å². The second kappa shape index (κ2) is 8.20. The zero-order valence-electron chi connectivity index (χ0n) is 12.4. The van der Waals surface area contributed by atoms with Crippen molar-refractivity contribution >= 4 is 18.3 Å². The van der Waals surface area contributed by atoms with E-state index >= 15 is 0 Å². The molecule has 1 aliphatic heterocycles. The summed E-state index contributed by atoms with van der Waals surface area (Å²) in [6.45, 7) is 1.88. The largest absolute Gasteiger partial charge is 0.497 e. The number of halogens is 2. The van der Waals surface area contributed by atoms with Crippen LogP contribution in [0.15, 0.2) is 18.2 Å². The van der Waals surface area contributed by atoms with E-state index in [0.29, 0.717) is 5.75 Å². The van der Waals surface area contributed by atoms with Crippen LogP contribution in [0.4, 0.5) is 4.39 Å². The number of hydrogen-bond donors (Lipinski definition) is 1. The number of nitrogens with zero attached hydrogens (tertiary/aromatic N) is 1. The number of carbonyl (C=O) groups is 1. The van der Waals surface area contributed by atoms with Crippen LogP contribution in [-0.2, 0) is 0 Å². The number of benzene rings is 1. The molecule has 4 nitrogen and oxygen atoms in total. The molecule has 0 bridgehead atoms. The predicted octanol–water partition coefficient (Wildman–Crippen LogP) is 2.47. The number of nitrogens with one attached hydrogen (secondary N) is 1. The van der Waals surface area contributed by atoms with Crippen LogP contribution >= 0.6 is 12.4 Å². The van der Waals surface area contributed by atoms with Crippen molar-refractivity contribution in [3.05, 3.63) is 29.6 Å². The Balaban J connectivity index is 0.00000220. The third kappa shape index (κ3) is 4.32. The maximum Gasteiger partial charge on any atom is 0.256 e. The highest BCUT2D eigenvalue weighted by molar-refractivity contribution is 5.94. The first kappa shape index (κ1) is 17.7. The van der Waals surface area contributed by atoms with Crippen LogP contribution in [0.1, 0.15) is 29.6 Å². The molecule has 1 aliphatic rings. The third-order valence-corrected chi connectivity index (χ3v) is 3.82. The fourth-order valence-corrected chi connectivity index (χ4v) is 2.54. The van der Waals surface area contributed by atoms with Gasteiger partial charge in [0.05, 0.1) is 12.7 Å². The molecule has 0 aliphatic carbocycles. The molecule has 1 atom stereocenters. The first-order valence-electron chi connectivity index (χ1n) is 6.95. The first-order chi connectivity index (χ1) is 9.63. The molecule has 1 heterocycles. The quantitative estimate of drug-likeness (QED) is 0.931. The van der Waals surface area contributed by atoms with E-state index in [1.54, 1.807) is 18.0 Å². The standard InChI is InChI=1S/C15H21FN2O2.ClH/c1-18(11-4-3-8-17-9-7-11)15(19)13-6-5-12(20-2)10-14(13)16;/h5-6,10-11,17H,3-4,7-9H2,1-2H3;1H. The molecule has 118 valence electrons. The van der Waals surface area contributed by atoms with Crippen molar-refractivity contribution in [2.45, 2.75) is 25.3 Å². The Morgan fingerprint density at radius 2 is 2.14 bits per heavy atom. The average Bonchev–Trinajstić information content (AvgIpc) is 2.74. The number of ether oxygens (including phenoxy) is 1. The van der Waals surface area contributed by atoms with Crippen LogP contribution in [0.2, 0.25) is 0 Å². The minimum Gasteiger partial charge on any atom is -0.497 e. The molecule has 0 aromatic heterocycles. The molecule has 1 saturated heterocycles. The summed E-state index contributed by atoms with van der Waals surface area (Å²) in [5, 5.41) is 3.31. The van der Waals surface area contributed by atoms with Gasteiger partial charge in [-0.3, -0.25) is 4.79 Å². The Morgan fingerprint density at radius 1 is 1.38 bits per heavy atom. The van der Waals surface area contributed by atoms with E-state index < -0.39 is 5.82 Å². The fourth-order valence-electron chi connectivity index (χ4n) is 2.54. The summed E-state index contributed by atoms with van der Waals surface area (Å²) in [6, 6.07) is 4.51. The molecule has 1 aromatic carbocycles. The molecule has 6 heteroatoms. The number of amides is 1. The summed E-state index contributed by atoms with van der Waals surface area (Å²) in [5.74, 6) is -0.384. The SMILES string of the molecule is COc1ccc(C(=O)N(C)C2CCCNCC2)c(F)c1.Cl. The Labute approximate surface area is 131 Å². The van der Waals surface area contributed by atoms with Crippen LogP contribution < -0.4 is 10.1 Å². The van der Waals surface area contributed by atoms with E-state index in [-0.39, 0.29) is 29.9 Å².